The third-order valence-corrected chi connectivity index (χ3v) is 3.33. The topological polar surface area (TPSA) is 49.3 Å². The summed E-state index contributed by atoms with van der Waals surface area (Å²) < 4.78 is 37.3. The van der Waals surface area contributed by atoms with E-state index in [0.717, 1.165) is 24.3 Å². The molecular weight excluding hydrogens is 342 g/mol. The molecule has 0 atom stereocenters. The third-order valence-electron chi connectivity index (χ3n) is 2.75. The third kappa shape index (κ3) is 3.64. The van der Waals surface area contributed by atoms with Crippen molar-refractivity contribution in [3.05, 3.63) is 57.6 Å². The van der Waals surface area contributed by atoms with Crippen molar-refractivity contribution >= 4 is 34.8 Å². The Morgan fingerprint density at radius 2 is 1.55 bits per heavy atom. The van der Waals surface area contributed by atoms with Gasteiger partial charge in [0.25, 0.3) is 5.91 Å². The van der Waals surface area contributed by atoms with Gasteiger partial charge in [-0.05, 0) is 36.4 Å². The molecule has 0 aromatic heterocycles. The summed E-state index contributed by atoms with van der Waals surface area (Å²) in [4.78, 5) is 11.9. The van der Waals surface area contributed by atoms with Crippen LogP contribution in [0.15, 0.2) is 36.4 Å². The first kappa shape index (κ1) is 16.5. The zero-order valence-corrected chi connectivity index (χ0v) is 12.2. The first-order valence-corrected chi connectivity index (χ1v) is 6.60. The number of nitrogens with one attached hydrogen (secondary N) is 1. The number of hydrogen-bond acceptors (Lipinski definition) is 2. The number of carbonyl (C=O) groups excluding carboxylic acids is 1. The molecule has 2 N–H and O–H groups in total. The van der Waals surface area contributed by atoms with E-state index in [1.165, 1.54) is 12.1 Å². The summed E-state index contributed by atoms with van der Waals surface area (Å²) in [5, 5.41) is 11.7. The summed E-state index contributed by atoms with van der Waals surface area (Å²) in [7, 11) is 0. The molecule has 2 aromatic rings. The first-order chi connectivity index (χ1) is 10.2. The highest BCUT2D eigenvalue weighted by Crippen LogP contribution is 2.35. The van der Waals surface area contributed by atoms with Gasteiger partial charge >= 0.3 is 6.18 Å². The van der Waals surface area contributed by atoms with Crippen LogP contribution in [0, 0.1) is 0 Å². The molecule has 0 radical (unpaired) electrons. The molecule has 0 saturated heterocycles. The highest BCUT2D eigenvalue weighted by Gasteiger charge is 2.30. The van der Waals surface area contributed by atoms with Gasteiger partial charge in [0.2, 0.25) is 0 Å². The fraction of sp³-hybridized carbons (Fsp3) is 0.0714. The standard InChI is InChI=1S/C14H8Cl2F3NO2/c15-10-5-9(6-11(16)12(10)21)20-13(22)7-1-3-8(4-2-7)14(17,18)19/h1-6,21H,(H,20,22). The molecule has 22 heavy (non-hydrogen) atoms. The fourth-order valence-electron chi connectivity index (χ4n) is 1.65. The number of halogens is 5. The Hall–Kier alpha value is -1.92. The van der Waals surface area contributed by atoms with Crippen molar-refractivity contribution in [3.63, 3.8) is 0 Å². The minimum Gasteiger partial charge on any atom is -0.505 e. The Labute approximate surface area is 133 Å². The number of alkyl halides is 3. The molecule has 1 amide bonds. The van der Waals surface area contributed by atoms with Gasteiger partial charge in [-0.3, -0.25) is 4.79 Å². The summed E-state index contributed by atoms with van der Waals surface area (Å²) >= 11 is 11.4. The van der Waals surface area contributed by atoms with Gasteiger partial charge in [-0.25, -0.2) is 0 Å². The van der Waals surface area contributed by atoms with Crippen LogP contribution in [0.4, 0.5) is 18.9 Å². The van der Waals surface area contributed by atoms with Gasteiger partial charge < -0.3 is 10.4 Å². The van der Waals surface area contributed by atoms with E-state index in [-0.39, 0.29) is 27.0 Å². The van der Waals surface area contributed by atoms with Crippen LogP contribution in [-0.2, 0) is 6.18 Å². The lowest BCUT2D eigenvalue weighted by atomic mass is 10.1. The predicted octanol–water partition coefficient (Wildman–Crippen LogP) is 4.97. The van der Waals surface area contributed by atoms with Crippen LogP contribution in [0.1, 0.15) is 15.9 Å². The maximum atomic E-state index is 12.4. The zero-order chi connectivity index (χ0) is 16.5. The zero-order valence-electron chi connectivity index (χ0n) is 10.7. The van der Waals surface area contributed by atoms with Gasteiger partial charge in [-0.1, -0.05) is 23.2 Å². The van der Waals surface area contributed by atoms with Crippen molar-refractivity contribution in [2.45, 2.75) is 6.18 Å². The number of aromatic hydroxyl groups is 1. The number of hydrogen-bond donors (Lipinski definition) is 2. The van der Waals surface area contributed by atoms with E-state index in [0.29, 0.717) is 0 Å². The lowest BCUT2D eigenvalue weighted by molar-refractivity contribution is -0.137. The molecule has 0 aliphatic rings. The van der Waals surface area contributed by atoms with E-state index < -0.39 is 17.6 Å². The van der Waals surface area contributed by atoms with Gasteiger partial charge in [-0.2, -0.15) is 13.2 Å². The maximum absolute atomic E-state index is 12.4. The SMILES string of the molecule is O=C(Nc1cc(Cl)c(O)c(Cl)c1)c1ccc(C(F)(F)F)cc1. The van der Waals surface area contributed by atoms with Crippen molar-refractivity contribution in [2.75, 3.05) is 5.32 Å². The maximum Gasteiger partial charge on any atom is 0.416 e. The van der Waals surface area contributed by atoms with E-state index in [1.54, 1.807) is 0 Å². The second kappa shape index (κ2) is 6.06. The van der Waals surface area contributed by atoms with E-state index in [4.69, 9.17) is 23.2 Å². The van der Waals surface area contributed by atoms with Crippen molar-refractivity contribution in [2.24, 2.45) is 0 Å². The predicted molar refractivity (Wildman–Crippen MR) is 77.5 cm³/mol. The molecule has 2 rings (SSSR count). The highest BCUT2D eigenvalue weighted by molar-refractivity contribution is 6.37. The molecule has 8 heteroatoms. The lowest BCUT2D eigenvalue weighted by Gasteiger charge is -2.09. The second-order valence-electron chi connectivity index (χ2n) is 4.32. The van der Waals surface area contributed by atoms with Crippen LogP contribution in [0.2, 0.25) is 10.0 Å². The molecule has 0 bridgehead atoms. The monoisotopic (exact) mass is 349 g/mol. The van der Waals surface area contributed by atoms with Crippen LogP contribution >= 0.6 is 23.2 Å². The molecule has 0 aliphatic carbocycles. The van der Waals surface area contributed by atoms with Gasteiger partial charge in [0.05, 0.1) is 15.6 Å². The molecular formula is C14H8Cl2F3NO2. The van der Waals surface area contributed by atoms with Crippen molar-refractivity contribution < 1.29 is 23.1 Å². The lowest BCUT2D eigenvalue weighted by Crippen LogP contribution is -2.12. The Balaban J connectivity index is 2.19. The van der Waals surface area contributed by atoms with Crippen molar-refractivity contribution in [1.82, 2.24) is 0 Å². The summed E-state index contributed by atoms with van der Waals surface area (Å²) in [6.07, 6.45) is -4.47. The van der Waals surface area contributed by atoms with Gasteiger partial charge in [0.1, 0.15) is 0 Å². The van der Waals surface area contributed by atoms with Crippen LogP contribution in [0.25, 0.3) is 0 Å². The van der Waals surface area contributed by atoms with E-state index >= 15 is 0 Å². The molecule has 0 aliphatic heterocycles. The smallest absolute Gasteiger partial charge is 0.416 e. The van der Waals surface area contributed by atoms with Crippen LogP contribution < -0.4 is 5.32 Å². The number of phenols is 1. The average molecular weight is 350 g/mol. The van der Waals surface area contributed by atoms with Gasteiger partial charge in [0, 0.05) is 11.3 Å². The Morgan fingerprint density at radius 1 is 1.05 bits per heavy atom. The van der Waals surface area contributed by atoms with Crippen molar-refractivity contribution in [3.8, 4) is 5.75 Å². The Bertz CT molecular complexity index is 692. The largest absolute Gasteiger partial charge is 0.505 e. The Kier molecular flexibility index (Phi) is 4.53. The van der Waals surface area contributed by atoms with Crippen LogP contribution in [0.5, 0.6) is 5.75 Å². The number of benzene rings is 2. The number of anilines is 1. The number of carbonyl (C=O) groups is 1. The normalized spacial score (nSPS) is 11.3. The molecule has 0 unspecified atom stereocenters. The number of phenolic OH excluding ortho intramolecular Hbond substituents is 1. The molecule has 0 saturated carbocycles. The molecule has 3 nitrogen and oxygen atoms in total. The molecule has 116 valence electrons. The minimum absolute atomic E-state index is 0.0355. The fourth-order valence-corrected chi connectivity index (χ4v) is 2.14. The van der Waals surface area contributed by atoms with E-state index in [1.807, 2.05) is 0 Å². The van der Waals surface area contributed by atoms with Crippen molar-refractivity contribution in [1.29, 1.82) is 0 Å². The van der Waals surface area contributed by atoms with Crippen LogP contribution in [-0.4, -0.2) is 11.0 Å². The average Bonchev–Trinajstić information content (AvgIpc) is 2.44. The quantitative estimate of drug-likeness (QED) is 0.752. The molecule has 0 spiro atoms. The van der Waals surface area contributed by atoms with E-state index in [9.17, 15) is 23.1 Å². The molecule has 0 fully saturated rings. The first-order valence-electron chi connectivity index (χ1n) is 5.85. The van der Waals surface area contributed by atoms with Crippen LogP contribution in [0.3, 0.4) is 0 Å². The number of rotatable bonds is 2. The summed E-state index contributed by atoms with van der Waals surface area (Å²) in [6.45, 7) is 0. The van der Waals surface area contributed by atoms with Gasteiger partial charge in [-0.15, -0.1) is 0 Å². The molecule has 2 aromatic carbocycles. The summed E-state index contributed by atoms with van der Waals surface area (Å²) in [5.41, 5.74) is -0.606. The summed E-state index contributed by atoms with van der Waals surface area (Å²) in [5.74, 6) is -0.956. The van der Waals surface area contributed by atoms with Gasteiger partial charge in [0.15, 0.2) is 5.75 Å². The number of amides is 1. The highest BCUT2D eigenvalue weighted by atomic mass is 35.5. The Morgan fingerprint density at radius 3 is 2.00 bits per heavy atom. The molecule has 0 heterocycles. The van der Waals surface area contributed by atoms with E-state index in [2.05, 4.69) is 5.32 Å². The minimum atomic E-state index is -4.47. The summed E-state index contributed by atoms with van der Waals surface area (Å²) in [6, 6.07) is 6.27. The second-order valence-corrected chi connectivity index (χ2v) is 5.13.